The standard InChI is InChI=1S/C16H13ClF3N5/c17-10-3-1-2-9(6-10)7-25-8-21-12-13(22-11-4-5-11)23-15(16(18,19)20)24-14(12)25/h1-3,6,8,11H,4-5,7H2,(H,22,23,24). The van der Waals surface area contributed by atoms with Crippen molar-refractivity contribution >= 4 is 28.6 Å². The molecule has 130 valence electrons. The van der Waals surface area contributed by atoms with Crippen molar-refractivity contribution in [2.45, 2.75) is 31.6 Å². The number of nitrogens with one attached hydrogen (secondary N) is 1. The van der Waals surface area contributed by atoms with Crippen LogP contribution in [0.25, 0.3) is 11.2 Å². The zero-order valence-electron chi connectivity index (χ0n) is 12.9. The molecule has 0 unspecified atom stereocenters. The summed E-state index contributed by atoms with van der Waals surface area (Å²) < 4.78 is 41.1. The molecule has 3 aromatic rings. The minimum atomic E-state index is -4.63. The van der Waals surface area contributed by atoms with Crippen LogP contribution in [0.1, 0.15) is 24.2 Å². The van der Waals surface area contributed by atoms with Crippen LogP contribution < -0.4 is 5.32 Å². The Hall–Kier alpha value is -2.35. The predicted molar refractivity (Wildman–Crippen MR) is 87.5 cm³/mol. The monoisotopic (exact) mass is 367 g/mol. The first-order chi connectivity index (χ1) is 11.9. The van der Waals surface area contributed by atoms with Crippen LogP contribution >= 0.6 is 11.6 Å². The van der Waals surface area contributed by atoms with Crippen LogP contribution in [-0.2, 0) is 12.7 Å². The minimum Gasteiger partial charge on any atom is -0.365 e. The smallest absolute Gasteiger partial charge is 0.365 e. The largest absolute Gasteiger partial charge is 0.451 e. The predicted octanol–water partition coefficient (Wildman–Crippen LogP) is 4.12. The maximum Gasteiger partial charge on any atom is 0.451 e. The molecule has 9 heteroatoms. The summed E-state index contributed by atoms with van der Waals surface area (Å²) in [5.41, 5.74) is 1.32. The van der Waals surface area contributed by atoms with Crippen LogP contribution in [0, 0.1) is 0 Å². The second-order valence-electron chi connectivity index (χ2n) is 5.99. The first kappa shape index (κ1) is 16.1. The molecule has 1 aliphatic carbocycles. The van der Waals surface area contributed by atoms with Gasteiger partial charge in [-0.15, -0.1) is 0 Å². The average molecular weight is 368 g/mol. The average Bonchev–Trinajstić information content (AvgIpc) is 3.26. The van der Waals surface area contributed by atoms with E-state index in [0.717, 1.165) is 18.4 Å². The van der Waals surface area contributed by atoms with Crippen LogP contribution in [0.4, 0.5) is 19.0 Å². The molecule has 1 aromatic carbocycles. The Labute approximate surface area is 145 Å². The highest BCUT2D eigenvalue weighted by molar-refractivity contribution is 6.30. The molecular formula is C16H13ClF3N5. The molecule has 0 aliphatic heterocycles. The molecule has 0 spiro atoms. The SMILES string of the molecule is FC(F)(F)c1nc(NC2CC2)c2ncn(Cc3cccc(Cl)c3)c2n1. The number of fused-ring (bicyclic) bond motifs is 1. The lowest BCUT2D eigenvalue weighted by atomic mass is 10.2. The van der Waals surface area contributed by atoms with E-state index in [4.69, 9.17) is 11.6 Å². The number of nitrogens with zero attached hydrogens (tertiary/aromatic N) is 4. The molecule has 0 saturated heterocycles. The van der Waals surface area contributed by atoms with Gasteiger partial charge in [0.25, 0.3) is 0 Å². The molecule has 5 nitrogen and oxygen atoms in total. The summed E-state index contributed by atoms with van der Waals surface area (Å²) in [6.45, 7) is 0.314. The highest BCUT2D eigenvalue weighted by Gasteiger charge is 2.37. The van der Waals surface area contributed by atoms with Crippen LogP contribution in [0.2, 0.25) is 5.02 Å². The van der Waals surface area contributed by atoms with Gasteiger partial charge in [0.1, 0.15) is 5.52 Å². The van der Waals surface area contributed by atoms with E-state index in [-0.39, 0.29) is 17.5 Å². The third-order valence-corrected chi connectivity index (χ3v) is 4.11. The van der Waals surface area contributed by atoms with E-state index in [0.29, 0.717) is 17.1 Å². The number of hydrogen-bond acceptors (Lipinski definition) is 4. The molecule has 0 radical (unpaired) electrons. The van der Waals surface area contributed by atoms with Gasteiger partial charge in [0.15, 0.2) is 11.5 Å². The number of imidazole rings is 1. The molecule has 2 heterocycles. The van der Waals surface area contributed by atoms with Crippen molar-refractivity contribution in [1.82, 2.24) is 19.5 Å². The van der Waals surface area contributed by atoms with Gasteiger partial charge in [-0.1, -0.05) is 23.7 Å². The number of halogens is 4. The van der Waals surface area contributed by atoms with Gasteiger partial charge in [-0.2, -0.15) is 13.2 Å². The van der Waals surface area contributed by atoms with E-state index < -0.39 is 12.0 Å². The van der Waals surface area contributed by atoms with Crippen LogP contribution in [-0.4, -0.2) is 25.6 Å². The summed E-state index contributed by atoms with van der Waals surface area (Å²) in [6, 6.07) is 7.26. The summed E-state index contributed by atoms with van der Waals surface area (Å²) in [7, 11) is 0. The molecule has 4 rings (SSSR count). The van der Waals surface area contributed by atoms with E-state index in [9.17, 15) is 13.2 Å². The van der Waals surface area contributed by atoms with Gasteiger partial charge >= 0.3 is 6.18 Å². The van der Waals surface area contributed by atoms with Gasteiger partial charge in [0, 0.05) is 11.1 Å². The molecule has 1 fully saturated rings. The molecule has 0 amide bonds. The van der Waals surface area contributed by atoms with Gasteiger partial charge in [-0.25, -0.2) is 15.0 Å². The molecular weight excluding hydrogens is 355 g/mol. The van der Waals surface area contributed by atoms with Gasteiger partial charge in [-0.05, 0) is 30.5 Å². The number of hydrogen-bond donors (Lipinski definition) is 1. The van der Waals surface area contributed by atoms with E-state index >= 15 is 0 Å². The third-order valence-electron chi connectivity index (χ3n) is 3.88. The highest BCUT2D eigenvalue weighted by atomic mass is 35.5. The zero-order chi connectivity index (χ0) is 17.6. The van der Waals surface area contributed by atoms with Crippen molar-refractivity contribution < 1.29 is 13.2 Å². The van der Waals surface area contributed by atoms with E-state index in [1.807, 2.05) is 6.07 Å². The lowest BCUT2D eigenvalue weighted by Gasteiger charge is -2.11. The van der Waals surface area contributed by atoms with Gasteiger partial charge < -0.3 is 9.88 Å². The maximum absolute atomic E-state index is 13.2. The molecule has 0 bridgehead atoms. The lowest BCUT2D eigenvalue weighted by Crippen LogP contribution is -2.15. The Bertz CT molecular complexity index is 933. The summed E-state index contributed by atoms with van der Waals surface area (Å²) in [5.74, 6) is -1.04. The van der Waals surface area contributed by atoms with E-state index in [2.05, 4.69) is 20.3 Å². The second-order valence-corrected chi connectivity index (χ2v) is 6.42. The molecule has 0 atom stereocenters. The van der Waals surface area contributed by atoms with Crippen molar-refractivity contribution in [2.24, 2.45) is 0 Å². The Morgan fingerprint density at radius 3 is 2.72 bits per heavy atom. The summed E-state index contributed by atoms with van der Waals surface area (Å²) in [5, 5.41) is 3.57. The summed E-state index contributed by atoms with van der Waals surface area (Å²) >= 11 is 5.97. The van der Waals surface area contributed by atoms with E-state index in [1.165, 1.54) is 6.33 Å². The van der Waals surface area contributed by atoms with Crippen molar-refractivity contribution in [3.63, 3.8) is 0 Å². The Morgan fingerprint density at radius 1 is 1.24 bits per heavy atom. The molecule has 1 saturated carbocycles. The number of aromatic nitrogens is 4. The van der Waals surface area contributed by atoms with E-state index in [1.54, 1.807) is 22.8 Å². The number of benzene rings is 1. The summed E-state index contributed by atoms with van der Waals surface area (Å²) in [4.78, 5) is 11.6. The fraction of sp³-hybridized carbons (Fsp3) is 0.312. The van der Waals surface area contributed by atoms with Crippen LogP contribution in [0.3, 0.4) is 0 Å². The van der Waals surface area contributed by atoms with Gasteiger partial charge in [-0.3, -0.25) is 0 Å². The van der Waals surface area contributed by atoms with Crippen molar-refractivity contribution in [3.05, 3.63) is 47.0 Å². The third kappa shape index (κ3) is 3.39. The molecule has 25 heavy (non-hydrogen) atoms. The van der Waals surface area contributed by atoms with Gasteiger partial charge in [0.05, 0.1) is 12.9 Å². The van der Waals surface area contributed by atoms with Crippen LogP contribution in [0.5, 0.6) is 0 Å². The van der Waals surface area contributed by atoms with Crippen molar-refractivity contribution in [2.75, 3.05) is 5.32 Å². The topological polar surface area (TPSA) is 55.6 Å². The van der Waals surface area contributed by atoms with Crippen molar-refractivity contribution in [3.8, 4) is 0 Å². The lowest BCUT2D eigenvalue weighted by molar-refractivity contribution is -0.144. The van der Waals surface area contributed by atoms with Crippen LogP contribution in [0.15, 0.2) is 30.6 Å². The normalized spacial score (nSPS) is 14.9. The zero-order valence-corrected chi connectivity index (χ0v) is 13.6. The summed E-state index contributed by atoms with van der Waals surface area (Å²) in [6.07, 6.45) is -1.33. The first-order valence-corrected chi connectivity index (χ1v) is 8.09. The second kappa shape index (κ2) is 5.87. The highest BCUT2D eigenvalue weighted by Crippen LogP contribution is 2.32. The Morgan fingerprint density at radius 2 is 2.04 bits per heavy atom. The fourth-order valence-corrected chi connectivity index (χ4v) is 2.75. The maximum atomic E-state index is 13.2. The quantitative estimate of drug-likeness (QED) is 0.753. The van der Waals surface area contributed by atoms with Gasteiger partial charge in [0.2, 0.25) is 5.82 Å². The van der Waals surface area contributed by atoms with Crippen molar-refractivity contribution in [1.29, 1.82) is 0 Å². The number of anilines is 1. The Kier molecular flexibility index (Phi) is 3.79. The molecule has 1 N–H and O–H groups in total. The molecule has 2 aromatic heterocycles. The number of alkyl halides is 3. The fourth-order valence-electron chi connectivity index (χ4n) is 2.54. The molecule has 1 aliphatic rings. The number of rotatable bonds is 4. The Balaban J connectivity index is 1.79. The first-order valence-electron chi connectivity index (χ1n) is 7.71. The minimum absolute atomic E-state index is 0.129.